The summed E-state index contributed by atoms with van der Waals surface area (Å²) in [6.07, 6.45) is 1.67. The number of aryl methyl sites for hydroxylation is 1. The second-order valence-corrected chi connectivity index (χ2v) is 9.42. The van der Waals surface area contributed by atoms with Crippen LogP contribution in [0.4, 0.5) is 0 Å². The van der Waals surface area contributed by atoms with Gasteiger partial charge in [0, 0.05) is 38.9 Å². The lowest BCUT2D eigenvalue weighted by atomic mass is 10.1. The van der Waals surface area contributed by atoms with E-state index in [0.717, 1.165) is 24.2 Å². The number of aromatic nitrogens is 3. The van der Waals surface area contributed by atoms with Crippen molar-refractivity contribution in [3.63, 3.8) is 0 Å². The molecule has 1 fully saturated rings. The zero-order valence-electron chi connectivity index (χ0n) is 21.0. The van der Waals surface area contributed by atoms with E-state index < -0.39 is 5.91 Å². The summed E-state index contributed by atoms with van der Waals surface area (Å²) in [7, 11) is 0. The van der Waals surface area contributed by atoms with Crippen LogP contribution < -0.4 is 25.8 Å². The van der Waals surface area contributed by atoms with Crippen LogP contribution in [0.2, 0.25) is 0 Å². The highest BCUT2D eigenvalue weighted by Gasteiger charge is 2.20. The van der Waals surface area contributed by atoms with Gasteiger partial charge in [0.25, 0.3) is 11.5 Å². The number of ether oxygens (including phenoxy) is 3. The summed E-state index contributed by atoms with van der Waals surface area (Å²) in [4.78, 5) is 33.9. The molecule has 38 heavy (non-hydrogen) atoms. The number of morpholine rings is 1. The summed E-state index contributed by atoms with van der Waals surface area (Å²) in [6, 6.07) is 10.6. The lowest BCUT2D eigenvalue weighted by molar-refractivity contribution is 0.0363. The molecule has 0 unspecified atom stereocenters. The van der Waals surface area contributed by atoms with Crippen molar-refractivity contribution in [1.29, 1.82) is 5.41 Å². The van der Waals surface area contributed by atoms with Gasteiger partial charge >= 0.3 is 0 Å². The van der Waals surface area contributed by atoms with Crippen molar-refractivity contribution in [3.05, 3.63) is 75.1 Å². The Hall–Kier alpha value is -4.22. The number of nitrogens with one attached hydrogen (secondary N) is 2. The van der Waals surface area contributed by atoms with Gasteiger partial charge in [0.1, 0.15) is 16.8 Å². The van der Waals surface area contributed by atoms with Crippen molar-refractivity contribution in [2.45, 2.75) is 20.0 Å². The Morgan fingerprint density at radius 1 is 1.08 bits per heavy atom. The van der Waals surface area contributed by atoms with E-state index >= 15 is 0 Å². The van der Waals surface area contributed by atoms with Gasteiger partial charge in [0.15, 0.2) is 11.5 Å². The third-order valence-corrected chi connectivity index (χ3v) is 7.01. The minimum Gasteiger partial charge on any atom is -0.454 e. The molecular formula is C27H28N6O5. The lowest BCUT2D eigenvalue weighted by Gasteiger charge is -2.27. The molecule has 0 saturated carbocycles. The van der Waals surface area contributed by atoms with Gasteiger partial charge in [0.05, 0.1) is 24.2 Å². The molecule has 11 nitrogen and oxygen atoms in total. The molecule has 196 valence electrons. The maximum absolute atomic E-state index is 13.5. The van der Waals surface area contributed by atoms with E-state index in [9.17, 15) is 9.59 Å². The third kappa shape index (κ3) is 4.39. The van der Waals surface area contributed by atoms with Gasteiger partial charge in [-0.2, -0.15) is 0 Å². The van der Waals surface area contributed by atoms with E-state index in [1.165, 1.54) is 10.5 Å². The topological polar surface area (TPSA) is 123 Å². The number of rotatable bonds is 6. The molecule has 0 aliphatic carbocycles. The van der Waals surface area contributed by atoms with Gasteiger partial charge in [-0.1, -0.05) is 12.1 Å². The van der Waals surface area contributed by atoms with Crippen LogP contribution in [-0.2, 0) is 17.8 Å². The zero-order chi connectivity index (χ0) is 26.2. The third-order valence-electron chi connectivity index (χ3n) is 7.01. The van der Waals surface area contributed by atoms with Gasteiger partial charge in [-0.25, -0.2) is 4.98 Å². The molecule has 2 aliphatic heterocycles. The number of carbonyl (C=O) groups is 1. The van der Waals surface area contributed by atoms with E-state index in [1.807, 2.05) is 25.1 Å². The summed E-state index contributed by atoms with van der Waals surface area (Å²) in [6.45, 7) is 6.25. The SMILES string of the molecule is Cc1cccn2c(=O)c3cc(C(=O)NCc4ccc5c(c4)OCO5)c(=N)n(CCN4CCOCC4)c3nc12. The number of pyridine rings is 2. The van der Waals surface area contributed by atoms with E-state index in [-0.39, 0.29) is 29.9 Å². The number of benzene rings is 1. The van der Waals surface area contributed by atoms with Crippen molar-refractivity contribution >= 4 is 22.6 Å². The molecule has 1 aromatic carbocycles. The highest BCUT2D eigenvalue weighted by atomic mass is 16.7. The summed E-state index contributed by atoms with van der Waals surface area (Å²) in [5.74, 6) is 0.856. The Morgan fingerprint density at radius 2 is 1.89 bits per heavy atom. The zero-order valence-corrected chi connectivity index (χ0v) is 21.0. The van der Waals surface area contributed by atoms with Crippen LogP contribution in [0.5, 0.6) is 11.5 Å². The molecule has 1 saturated heterocycles. The first-order valence-corrected chi connectivity index (χ1v) is 12.6. The van der Waals surface area contributed by atoms with Gasteiger partial charge < -0.3 is 24.1 Å². The predicted molar refractivity (Wildman–Crippen MR) is 139 cm³/mol. The molecule has 0 bridgehead atoms. The Kier molecular flexibility index (Phi) is 6.30. The van der Waals surface area contributed by atoms with Crippen molar-refractivity contribution in [2.75, 3.05) is 39.6 Å². The van der Waals surface area contributed by atoms with E-state index in [1.54, 1.807) is 22.9 Å². The Morgan fingerprint density at radius 3 is 2.74 bits per heavy atom. The number of hydrogen-bond donors (Lipinski definition) is 2. The molecule has 2 aliphatic rings. The monoisotopic (exact) mass is 516 g/mol. The van der Waals surface area contributed by atoms with Crippen molar-refractivity contribution in [2.24, 2.45) is 0 Å². The standard InChI is InChI=1S/C27H28N6O5/c1-17-3-2-6-33-24(17)30-25-20(27(33)35)14-19(23(28)32(25)8-7-31-9-11-36-12-10-31)26(34)29-15-18-4-5-21-22(13-18)38-16-37-21/h2-6,13-14,28H,7-12,15-16H2,1H3,(H,29,34). The molecule has 0 spiro atoms. The molecule has 4 aromatic rings. The number of fused-ring (bicyclic) bond motifs is 3. The van der Waals surface area contributed by atoms with E-state index in [4.69, 9.17) is 24.6 Å². The van der Waals surface area contributed by atoms with Crippen LogP contribution in [0.15, 0.2) is 47.4 Å². The van der Waals surface area contributed by atoms with Crippen LogP contribution in [0.3, 0.4) is 0 Å². The molecule has 5 heterocycles. The summed E-state index contributed by atoms with van der Waals surface area (Å²) < 4.78 is 19.4. The number of amides is 1. The first-order valence-electron chi connectivity index (χ1n) is 12.6. The maximum Gasteiger partial charge on any atom is 0.267 e. The Bertz CT molecular complexity index is 1670. The Balaban J connectivity index is 1.39. The molecule has 2 N–H and O–H groups in total. The molecule has 11 heteroatoms. The second kappa shape index (κ2) is 9.92. The molecule has 1 amide bonds. The summed E-state index contributed by atoms with van der Waals surface area (Å²) in [5, 5.41) is 12.1. The van der Waals surface area contributed by atoms with Gasteiger partial charge in [-0.05, 0) is 42.3 Å². The maximum atomic E-state index is 13.5. The highest BCUT2D eigenvalue weighted by Crippen LogP contribution is 2.32. The van der Waals surface area contributed by atoms with Gasteiger partial charge in [-0.15, -0.1) is 0 Å². The van der Waals surface area contributed by atoms with Crippen molar-refractivity contribution < 1.29 is 19.0 Å². The van der Waals surface area contributed by atoms with Gasteiger partial charge in [-0.3, -0.25) is 24.3 Å². The van der Waals surface area contributed by atoms with E-state index in [0.29, 0.717) is 54.5 Å². The quantitative estimate of drug-likeness (QED) is 0.372. The fourth-order valence-corrected chi connectivity index (χ4v) is 4.88. The van der Waals surface area contributed by atoms with Crippen LogP contribution in [0.1, 0.15) is 21.5 Å². The van der Waals surface area contributed by atoms with Gasteiger partial charge in [0.2, 0.25) is 6.79 Å². The van der Waals surface area contributed by atoms with Crippen LogP contribution >= 0.6 is 0 Å². The van der Waals surface area contributed by atoms with Crippen molar-refractivity contribution in [1.82, 2.24) is 24.2 Å². The van der Waals surface area contributed by atoms with Crippen molar-refractivity contribution in [3.8, 4) is 11.5 Å². The second-order valence-electron chi connectivity index (χ2n) is 9.42. The van der Waals surface area contributed by atoms with E-state index in [2.05, 4.69) is 10.2 Å². The average molecular weight is 517 g/mol. The summed E-state index contributed by atoms with van der Waals surface area (Å²) in [5.41, 5.74) is 2.46. The van der Waals surface area contributed by atoms with Crippen LogP contribution in [0.25, 0.3) is 16.7 Å². The number of hydrogen-bond acceptors (Lipinski definition) is 8. The first kappa shape index (κ1) is 24.1. The lowest BCUT2D eigenvalue weighted by Crippen LogP contribution is -2.41. The molecular weight excluding hydrogens is 488 g/mol. The average Bonchev–Trinajstić information content (AvgIpc) is 3.40. The fourth-order valence-electron chi connectivity index (χ4n) is 4.88. The molecule has 6 rings (SSSR count). The fraction of sp³-hybridized carbons (Fsp3) is 0.333. The molecule has 3 aromatic heterocycles. The molecule has 0 radical (unpaired) electrons. The normalized spacial score (nSPS) is 15.3. The minimum absolute atomic E-state index is 0.0128. The number of nitrogens with zero attached hydrogens (tertiary/aromatic N) is 4. The summed E-state index contributed by atoms with van der Waals surface area (Å²) >= 11 is 0. The predicted octanol–water partition coefficient (Wildman–Crippen LogP) is 1.43. The first-order chi connectivity index (χ1) is 18.5. The minimum atomic E-state index is -0.441. The Labute approximate surface area is 217 Å². The highest BCUT2D eigenvalue weighted by molar-refractivity contribution is 5.96. The van der Waals surface area contributed by atoms with Crippen LogP contribution in [-0.4, -0.2) is 64.4 Å². The molecule has 0 atom stereocenters. The largest absolute Gasteiger partial charge is 0.454 e. The smallest absolute Gasteiger partial charge is 0.267 e. The van der Waals surface area contributed by atoms with Crippen LogP contribution in [0, 0.1) is 12.3 Å². The number of carbonyl (C=O) groups excluding carboxylic acids is 1.